The van der Waals surface area contributed by atoms with Crippen molar-refractivity contribution in [2.24, 2.45) is 5.92 Å². The summed E-state index contributed by atoms with van der Waals surface area (Å²) >= 11 is 0. The van der Waals surface area contributed by atoms with Crippen molar-refractivity contribution in [1.29, 1.82) is 0 Å². The van der Waals surface area contributed by atoms with Gasteiger partial charge in [-0.1, -0.05) is 12.1 Å². The van der Waals surface area contributed by atoms with Gasteiger partial charge < -0.3 is 14.8 Å². The van der Waals surface area contributed by atoms with Gasteiger partial charge in [-0.2, -0.15) is 0 Å². The third kappa shape index (κ3) is 5.48. The molecule has 0 unspecified atom stereocenters. The molecule has 0 atom stereocenters. The van der Waals surface area contributed by atoms with Crippen LogP contribution >= 0.6 is 0 Å². The van der Waals surface area contributed by atoms with Gasteiger partial charge in [0, 0.05) is 24.6 Å². The van der Waals surface area contributed by atoms with E-state index in [1.165, 1.54) is 6.07 Å². The first-order valence-corrected chi connectivity index (χ1v) is 9.96. The molecule has 5 nitrogen and oxygen atoms in total. The van der Waals surface area contributed by atoms with Gasteiger partial charge in [-0.25, -0.2) is 4.39 Å². The van der Waals surface area contributed by atoms with Crippen molar-refractivity contribution >= 4 is 5.91 Å². The quantitative estimate of drug-likeness (QED) is 0.770. The summed E-state index contributed by atoms with van der Waals surface area (Å²) in [6, 6.07) is 10.9. The zero-order valence-electron chi connectivity index (χ0n) is 17.3. The molecule has 1 heterocycles. The van der Waals surface area contributed by atoms with Gasteiger partial charge in [-0.05, 0) is 68.2 Å². The molecular weight excluding hydrogens is 371 g/mol. The summed E-state index contributed by atoms with van der Waals surface area (Å²) in [5, 5.41) is 2.95. The molecule has 0 aliphatic carbocycles. The number of rotatable bonds is 7. The predicted molar refractivity (Wildman–Crippen MR) is 111 cm³/mol. The first-order valence-electron chi connectivity index (χ1n) is 9.96. The van der Waals surface area contributed by atoms with E-state index in [0.717, 1.165) is 55.1 Å². The molecule has 3 rings (SSSR count). The van der Waals surface area contributed by atoms with Gasteiger partial charge in [0.05, 0.1) is 14.2 Å². The zero-order valence-corrected chi connectivity index (χ0v) is 17.3. The Balaban J connectivity index is 1.50. The third-order valence-corrected chi connectivity index (χ3v) is 5.54. The van der Waals surface area contributed by atoms with Crippen LogP contribution in [-0.4, -0.2) is 38.1 Å². The molecular formula is C23H29FN2O3. The van der Waals surface area contributed by atoms with Gasteiger partial charge in [-0.15, -0.1) is 0 Å². The number of halogens is 1. The van der Waals surface area contributed by atoms with Crippen molar-refractivity contribution in [2.75, 3.05) is 27.3 Å². The highest BCUT2D eigenvalue weighted by Crippen LogP contribution is 2.27. The minimum Gasteiger partial charge on any atom is -0.497 e. The standard InChI is InChI=1S/C23H29FN2O3/c1-16-4-5-17(12-21(16)24)14-25-23(27)18-8-10-26(11-9-18)15-19-13-20(28-2)6-7-22(19)29-3/h4-7,12-13,18H,8-11,14-15H2,1-3H3,(H,25,27). The molecule has 1 amide bonds. The lowest BCUT2D eigenvalue weighted by Gasteiger charge is -2.31. The van der Waals surface area contributed by atoms with Gasteiger partial charge in [-0.3, -0.25) is 9.69 Å². The van der Waals surface area contributed by atoms with Crippen molar-refractivity contribution < 1.29 is 18.7 Å². The molecule has 1 saturated heterocycles. The topological polar surface area (TPSA) is 50.8 Å². The van der Waals surface area contributed by atoms with Gasteiger partial charge in [0.25, 0.3) is 0 Å². The maximum absolute atomic E-state index is 13.6. The van der Waals surface area contributed by atoms with E-state index in [1.54, 1.807) is 27.2 Å². The molecule has 0 saturated carbocycles. The monoisotopic (exact) mass is 400 g/mol. The summed E-state index contributed by atoms with van der Waals surface area (Å²) in [6.07, 6.45) is 1.61. The third-order valence-electron chi connectivity index (χ3n) is 5.54. The lowest BCUT2D eigenvalue weighted by Crippen LogP contribution is -2.40. The van der Waals surface area contributed by atoms with Crippen molar-refractivity contribution in [2.45, 2.75) is 32.9 Å². The van der Waals surface area contributed by atoms with E-state index in [0.29, 0.717) is 12.1 Å². The lowest BCUT2D eigenvalue weighted by molar-refractivity contribution is -0.126. The highest BCUT2D eigenvalue weighted by atomic mass is 19.1. The van der Waals surface area contributed by atoms with E-state index >= 15 is 0 Å². The van der Waals surface area contributed by atoms with E-state index < -0.39 is 0 Å². The van der Waals surface area contributed by atoms with Crippen LogP contribution in [0.4, 0.5) is 4.39 Å². The minimum absolute atomic E-state index is 0.00579. The molecule has 0 bridgehead atoms. The number of hydrogen-bond acceptors (Lipinski definition) is 4. The van der Waals surface area contributed by atoms with Crippen LogP contribution in [0.25, 0.3) is 0 Å². The second-order valence-electron chi connectivity index (χ2n) is 7.53. The van der Waals surface area contributed by atoms with Crippen molar-refractivity contribution in [3.05, 3.63) is 58.9 Å². The van der Waals surface area contributed by atoms with Gasteiger partial charge in [0.15, 0.2) is 0 Å². The lowest BCUT2D eigenvalue weighted by atomic mass is 9.95. The number of carbonyl (C=O) groups excluding carboxylic acids is 1. The molecule has 0 aromatic heterocycles. The first kappa shape index (κ1) is 21.1. The fraction of sp³-hybridized carbons (Fsp3) is 0.435. The number of amides is 1. The van der Waals surface area contributed by atoms with Gasteiger partial charge in [0.2, 0.25) is 5.91 Å². The number of hydrogen-bond donors (Lipinski definition) is 1. The van der Waals surface area contributed by atoms with Crippen LogP contribution in [0.5, 0.6) is 11.5 Å². The average molecular weight is 400 g/mol. The number of nitrogens with one attached hydrogen (secondary N) is 1. The van der Waals surface area contributed by atoms with E-state index in [-0.39, 0.29) is 17.6 Å². The number of benzene rings is 2. The Morgan fingerprint density at radius 3 is 2.55 bits per heavy atom. The van der Waals surface area contributed by atoms with Crippen molar-refractivity contribution in [1.82, 2.24) is 10.2 Å². The molecule has 0 radical (unpaired) electrons. The summed E-state index contributed by atoms with van der Waals surface area (Å²) < 4.78 is 24.4. The Hall–Kier alpha value is -2.60. The Kier molecular flexibility index (Phi) is 7.09. The maximum atomic E-state index is 13.6. The number of piperidine rings is 1. The Morgan fingerprint density at radius 1 is 1.14 bits per heavy atom. The fourth-order valence-electron chi connectivity index (χ4n) is 3.68. The van der Waals surface area contributed by atoms with Crippen LogP contribution in [0.2, 0.25) is 0 Å². The number of aryl methyl sites for hydroxylation is 1. The van der Waals surface area contributed by atoms with E-state index in [4.69, 9.17) is 9.47 Å². The van der Waals surface area contributed by atoms with Gasteiger partial charge in [0.1, 0.15) is 17.3 Å². The second kappa shape index (κ2) is 9.74. The molecule has 156 valence electrons. The average Bonchev–Trinajstić information content (AvgIpc) is 2.74. The van der Waals surface area contributed by atoms with Crippen LogP contribution in [0.15, 0.2) is 36.4 Å². The highest BCUT2D eigenvalue weighted by Gasteiger charge is 2.25. The molecule has 1 fully saturated rings. The number of nitrogens with zero attached hydrogens (tertiary/aromatic N) is 1. The molecule has 6 heteroatoms. The molecule has 29 heavy (non-hydrogen) atoms. The summed E-state index contributed by atoms with van der Waals surface area (Å²) in [7, 11) is 3.32. The number of likely N-dealkylation sites (tertiary alicyclic amines) is 1. The summed E-state index contributed by atoms with van der Waals surface area (Å²) in [5.41, 5.74) is 2.47. The number of methoxy groups -OCH3 is 2. The van der Waals surface area contributed by atoms with Crippen LogP contribution in [0.3, 0.4) is 0 Å². The van der Waals surface area contributed by atoms with E-state index in [1.807, 2.05) is 24.3 Å². The molecule has 1 aliphatic heterocycles. The largest absolute Gasteiger partial charge is 0.497 e. The predicted octanol–water partition coefficient (Wildman–Crippen LogP) is 3.68. The second-order valence-corrected chi connectivity index (χ2v) is 7.53. The highest BCUT2D eigenvalue weighted by molar-refractivity contribution is 5.78. The summed E-state index contributed by atoms with van der Waals surface area (Å²) in [5.74, 6) is 1.45. The molecule has 2 aromatic rings. The SMILES string of the molecule is COc1ccc(OC)c(CN2CCC(C(=O)NCc3ccc(C)c(F)c3)CC2)c1. The van der Waals surface area contributed by atoms with Crippen LogP contribution in [0, 0.1) is 18.7 Å². The number of ether oxygens (including phenoxy) is 2. The molecule has 0 spiro atoms. The van der Waals surface area contributed by atoms with E-state index in [2.05, 4.69) is 10.2 Å². The van der Waals surface area contributed by atoms with Crippen molar-refractivity contribution in [3.63, 3.8) is 0 Å². The van der Waals surface area contributed by atoms with Crippen LogP contribution in [0.1, 0.15) is 29.5 Å². The van der Waals surface area contributed by atoms with E-state index in [9.17, 15) is 9.18 Å². The fourth-order valence-corrected chi connectivity index (χ4v) is 3.68. The smallest absolute Gasteiger partial charge is 0.223 e. The Bertz CT molecular complexity index is 848. The Morgan fingerprint density at radius 2 is 1.90 bits per heavy atom. The molecule has 2 aromatic carbocycles. The van der Waals surface area contributed by atoms with Gasteiger partial charge >= 0.3 is 0 Å². The zero-order chi connectivity index (χ0) is 20.8. The maximum Gasteiger partial charge on any atom is 0.223 e. The summed E-state index contributed by atoms with van der Waals surface area (Å²) in [4.78, 5) is 14.8. The summed E-state index contributed by atoms with van der Waals surface area (Å²) in [6.45, 7) is 4.54. The first-order chi connectivity index (χ1) is 14.0. The molecule has 1 aliphatic rings. The molecule has 1 N–H and O–H groups in total. The van der Waals surface area contributed by atoms with Crippen molar-refractivity contribution in [3.8, 4) is 11.5 Å². The number of carbonyl (C=O) groups is 1. The minimum atomic E-state index is -0.238. The van der Waals surface area contributed by atoms with Crippen LogP contribution in [-0.2, 0) is 17.9 Å². The Labute approximate surface area is 171 Å². The normalized spacial score (nSPS) is 15.2. The van der Waals surface area contributed by atoms with Crippen LogP contribution < -0.4 is 14.8 Å².